The molecule has 0 amide bonds. The Hall–Kier alpha value is -0.810. The van der Waals surface area contributed by atoms with Gasteiger partial charge in [0.15, 0.2) is 0 Å². The van der Waals surface area contributed by atoms with Crippen LogP contribution in [0.2, 0.25) is 0 Å². The van der Waals surface area contributed by atoms with Gasteiger partial charge < -0.3 is 4.74 Å². The van der Waals surface area contributed by atoms with Crippen molar-refractivity contribution in [2.75, 3.05) is 7.11 Å². The second-order valence-corrected chi connectivity index (χ2v) is 1.64. The van der Waals surface area contributed by atoms with E-state index in [2.05, 4.69) is 0 Å². The zero-order chi connectivity index (χ0) is 7.28. The van der Waals surface area contributed by atoms with E-state index in [9.17, 15) is 4.79 Å². The van der Waals surface area contributed by atoms with Gasteiger partial charge in [-0.25, -0.2) is 0 Å². The van der Waals surface area contributed by atoms with E-state index in [0.29, 0.717) is 6.42 Å². The Balaban J connectivity index is 3.83. The lowest BCUT2D eigenvalue weighted by atomic mass is 10.2. The van der Waals surface area contributed by atoms with Crippen LogP contribution in [0.5, 0.6) is 0 Å². The molecule has 0 aliphatic heterocycles. The Kier molecular flexibility index (Phi) is 3.74. The molecule has 0 heterocycles. The Morgan fingerprint density at radius 3 is 2.56 bits per heavy atom. The van der Waals surface area contributed by atoms with Gasteiger partial charge in [-0.2, -0.15) is 0 Å². The van der Waals surface area contributed by atoms with Gasteiger partial charge in [-0.1, -0.05) is 6.92 Å². The maximum absolute atomic E-state index is 10.6. The van der Waals surface area contributed by atoms with Crippen molar-refractivity contribution in [3.05, 3.63) is 0 Å². The molecular formula is C7H10O2. The number of carbonyl (C=O) groups is 1. The first-order valence-electron chi connectivity index (χ1n) is 2.79. The summed E-state index contributed by atoms with van der Waals surface area (Å²) in [6.45, 7) is 1.85. The number of rotatable bonds is 3. The third-order valence-corrected chi connectivity index (χ3v) is 1.09. The van der Waals surface area contributed by atoms with Crippen LogP contribution in [-0.2, 0) is 9.53 Å². The number of ketones is 1. The third-order valence-electron chi connectivity index (χ3n) is 1.09. The molecule has 2 nitrogen and oxygen atoms in total. The van der Waals surface area contributed by atoms with Crippen molar-refractivity contribution in [1.29, 1.82) is 0 Å². The molecular weight excluding hydrogens is 116 g/mol. The summed E-state index contributed by atoms with van der Waals surface area (Å²) >= 11 is 0. The van der Waals surface area contributed by atoms with Crippen LogP contribution in [0.15, 0.2) is 0 Å². The highest BCUT2D eigenvalue weighted by molar-refractivity contribution is 5.98. The molecule has 0 rings (SSSR count). The monoisotopic (exact) mass is 126 g/mol. The molecule has 0 saturated heterocycles. The molecule has 0 aliphatic carbocycles. The highest BCUT2D eigenvalue weighted by Crippen LogP contribution is 1.95. The molecule has 0 spiro atoms. The predicted octanol–water partition coefficient (Wildman–Crippen LogP) is 0.614. The van der Waals surface area contributed by atoms with Crippen molar-refractivity contribution in [2.45, 2.75) is 19.4 Å². The summed E-state index contributed by atoms with van der Waals surface area (Å²) < 4.78 is 4.76. The summed E-state index contributed by atoms with van der Waals surface area (Å²) in [5.41, 5.74) is 0. The van der Waals surface area contributed by atoms with E-state index in [0.717, 1.165) is 0 Å². The van der Waals surface area contributed by atoms with E-state index in [4.69, 9.17) is 11.2 Å². The molecule has 0 aromatic carbocycles. The van der Waals surface area contributed by atoms with E-state index in [1.54, 1.807) is 0 Å². The summed E-state index contributed by atoms with van der Waals surface area (Å²) in [5.74, 6) is 1.73. The second kappa shape index (κ2) is 4.11. The van der Waals surface area contributed by atoms with Gasteiger partial charge in [-0.05, 0) is 12.3 Å². The fraction of sp³-hybridized carbons (Fsp3) is 0.571. The summed E-state index contributed by atoms with van der Waals surface area (Å²) in [7, 11) is 1.48. The van der Waals surface area contributed by atoms with Crippen LogP contribution in [-0.4, -0.2) is 19.0 Å². The van der Waals surface area contributed by atoms with Crippen LogP contribution in [0.3, 0.4) is 0 Å². The van der Waals surface area contributed by atoms with E-state index in [1.807, 2.05) is 12.8 Å². The van der Waals surface area contributed by atoms with Crippen LogP contribution < -0.4 is 0 Å². The smallest absolute Gasteiger partial charge is 0.233 e. The number of hydrogen-bond donors (Lipinski definition) is 0. The average Bonchev–Trinajstić information content (AvgIpc) is 1.90. The van der Waals surface area contributed by atoms with Gasteiger partial charge >= 0.3 is 0 Å². The van der Waals surface area contributed by atoms with Gasteiger partial charge in [0, 0.05) is 7.11 Å². The largest absolute Gasteiger partial charge is 0.373 e. The summed E-state index contributed by atoms with van der Waals surface area (Å²) in [5, 5.41) is 0. The Bertz CT molecular complexity index is 128. The van der Waals surface area contributed by atoms with E-state index >= 15 is 0 Å². The molecule has 0 aromatic heterocycles. The lowest BCUT2D eigenvalue weighted by Crippen LogP contribution is -2.19. The molecule has 2 heteroatoms. The standard InChI is InChI=1S/C7H10O2/c1-4-6(8)7(5-2)9-3/h1,7H,5H2,2-3H3. The van der Waals surface area contributed by atoms with E-state index in [-0.39, 0.29) is 5.78 Å². The highest BCUT2D eigenvalue weighted by Gasteiger charge is 2.10. The molecule has 0 radical (unpaired) electrons. The predicted molar refractivity (Wildman–Crippen MR) is 34.9 cm³/mol. The molecule has 0 bridgehead atoms. The first kappa shape index (κ1) is 8.19. The summed E-state index contributed by atoms with van der Waals surface area (Å²) in [6, 6.07) is 0. The molecule has 1 atom stereocenters. The van der Waals surface area contributed by atoms with Crippen molar-refractivity contribution in [3.63, 3.8) is 0 Å². The number of terminal acetylenes is 1. The SMILES string of the molecule is C#CC(=O)C(CC)OC. The van der Waals surface area contributed by atoms with E-state index < -0.39 is 6.10 Å². The molecule has 0 N–H and O–H groups in total. The quantitative estimate of drug-likeness (QED) is 0.409. The van der Waals surface area contributed by atoms with Gasteiger partial charge in [0.05, 0.1) is 0 Å². The van der Waals surface area contributed by atoms with Crippen LogP contribution in [0, 0.1) is 12.3 Å². The Morgan fingerprint density at radius 2 is 2.44 bits per heavy atom. The molecule has 0 aromatic rings. The topological polar surface area (TPSA) is 26.3 Å². The van der Waals surface area contributed by atoms with Crippen LogP contribution in [0.1, 0.15) is 13.3 Å². The summed E-state index contributed by atoms with van der Waals surface area (Å²) in [4.78, 5) is 10.6. The third kappa shape index (κ3) is 2.29. The van der Waals surface area contributed by atoms with Gasteiger partial charge in [-0.15, -0.1) is 6.42 Å². The normalized spacial score (nSPS) is 12.1. The Labute approximate surface area is 55.2 Å². The minimum absolute atomic E-state index is 0.278. The van der Waals surface area contributed by atoms with Gasteiger partial charge in [0.25, 0.3) is 0 Å². The van der Waals surface area contributed by atoms with Crippen LogP contribution in [0.25, 0.3) is 0 Å². The zero-order valence-electron chi connectivity index (χ0n) is 5.68. The van der Waals surface area contributed by atoms with Gasteiger partial charge in [-0.3, -0.25) is 4.79 Å². The Morgan fingerprint density at radius 1 is 1.89 bits per heavy atom. The number of methoxy groups -OCH3 is 1. The van der Waals surface area contributed by atoms with Crippen molar-refractivity contribution in [1.82, 2.24) is 0 Å². The van der Waals surface area contributed by atoms with Gasteiger partial charge in [0.2, 0.25) is 5.78 Å². The number of carbonyl (C=O) groups excluding carboxylic acids is 1. The molecule has 0 fully saturated rings. The number of hydrogen-bond acceptors (Lipinski definition) is 2. The minimum Gasteiger partial charge on any atom is -0.373 e. The van der Waals surface area contributed by atoms with Crippen LogP contribution in [0.4, 0.5) is 0 Å². The lowest BCUT2D eigenvalue weighted by Gasteiger charge is -2.05. The van der Waals surface area contributed by atoms with Crippen molar-refractivity contribution in [2.24, 2.45) is 0 Å². The molecule has 1 unspecified atom stereocenters. The first-order valence-corrected chi connectivity index (χ1v) is 2.79. The maximum Gasteiger partial charge on any atom is 0.233 e. The molecule has 0 saturated carbocycles. The maximum atomic E-state index is 10.6. The average molecular weight is 126 g/mol. The first-order chi connectivity index (χ1) is 4.26. The second-order valence-electron chi connectivity index (χ2n) is 1.64. The van der Waals surface area contributed by atoms with Crippen molar-refractivity contribution in [3.8, 4) is 12.3 Å². The fourth-order valence-corrected chi connectivity index (χ4v) is 0.552. The summed E-state index contributed by atoms with van der Waals surface area (Å²) in [6.07, 6.45) is 5.08. The highest BCUT2D eigenvalue weighted by atomic mass is 16.5. The molecule has 50 valence electrons. The van der Waals surface area contributed by atoms with Crippen molar-refractivity contribution < 1.29 is 9.53 Å². The fourth-order valence-electron chi connectivity index (χ4n) is 0.552. The van der Waals surface area contributed by atoms with Crippen molar-refractivity contribution >= 4 is 5.78 Å². The molecule has 0 aliphatic rings. The minimum atomic E-state index is -0.407. The number of Topliss-reactive ketones (excluding diaryl/α,β-unsaturated/α-hetero) is 1. The molecule has 9 heavy (non-hydrogen) atoms. The number of ether oxygens (including phenoxy) is 1. The van der Waals surface area contributed by atoms with Gasteiger partial charge in [0.1, 0.15) is 6.10 Å². The van der Waals surface area contributed by atoms with Crippen LogP contribution >= 0.6 is 0 Å². The van der Waals surface area contributed by atoms with E-state index in [1.165, 1.54) is 7.11 Å². The lowest BCUT2D eigenvalue weighted by molar-refractivity contribution is -0.123. The zero-order valence-corrected chi connectivity index (χ0v) is 5.68.